The van der Waals surface area contributed by atoms with Crippen molar-refractivity contribution in [3.05, 3.63) is 52.8 Å². The average Bonchev–Trinajstić information content (AvgIpc) is 3.04. The van der Waals surface area contributed by atoms with Gasteiger partial charge in [-0.1, -0.05) is 11.6 Å². The Kier molecular flexibility index (Phi) is 4.32. The largest absolute Gasteiger partial charge is 0.492 e. The highest BCUT2D eigenvalue weighted by atomic mass is 35.5. The minimum atomic E-state index is -0.663. The third-order valence-corrected chi connectivity index (χ3v) is 3.61. The number of halogens is 3. The van der Waals surface area contributed by atoms with Gasteiger partial charge in [-0.25, -0.2) is 18.8 Å². The van der Waals surface area contributed by atoms with Crippen LogP contribution in [0.3, 0.4) is 0 Å². The van der Waals surface area contributed by atoms with Crippen LogP contribution in [-0.2, 0) is 0 Å². The summed E-state index contributed by atoms with van der Waals surface area (Å²) in [6.45, 7) is 0. The maximum absolute atomic E-state index is 14.2. The van der Waals surface area contributed by atoms with Crippen molar-refractivity contribution in [2.24, 2.45) is 4.99 Å². The fourth-order valence-corrected chi connectivity index (χ4v) is 2.44. The van der Waals surface area contributed by atoms with E-state index in [1.807, 2.05) is 5.48 Å². The molecule has 0 amide bonds. The van der Waals surface area contributed by atoms with Gasteiger partial charge in [0.15, 0.2) is 17.4 Å². The number of amidine groups is 1. The second-order valence-corrected chi connectivity index (χ2v) is 5.14. The number of imidazole rings is 1. The highest BCUT2D eigenvalue weighted by Gasteiger charge is 2.18. The Morgan fingerprint density at radius 2 is 2.12 bits per heavy atom. The van der Waals surface area contributed by atoms with Crippen LogP contribution >= 0.6 is 11.6 Å². The smallest absolute Gasteiger partial charge is 0.180 e. The molecule has 124 valence electrons. The maximum Gasteiger partial charge on any atom is 0.180 e. The molecule has 0 unspecified atom stereocenters. The number of hydroxylamine groups is 1. The molecule has 0 radical (unpaired) electrons. The third-order valence-electron chi connectivity index (χ3n) is 3.32. The van der Waals surface area contributed by atoms with Crippen LogP contribution in [0.15, 0.2) is 35.6 Å². The maximum atomic E-state index is 14.2. The van der Waals surface area contributed by atoms with E-state index in [-0.39, 0.29) is 27.9 Å². The van der Waals surface area contributed by atoms with Crippen molar-refractivity contribution in [3.8, 4) is 5.75 Å². The van der Waals surface area contributed by atoms with Crippen LogP contribution in [0.1, 0.15) is 5.56 Å². The number of hydrogen-bond donors (Lipinski definition) is 3. The molecule has 9 heteroatoms. The van der Waals surface area contributed by atoms with E-state index in [1.165, 1.54) is 25.6 Å². The molecule has 3 N–H and O–H groups in total. The summed E-state index contributed by atoms with van der Waals surface area (Å²) in [4.78, 5) is 11.0. The molecule has 0 aliphatic carbocycles. The molecule has 0 bridgehead atoms. The van der Waals surface area contributed by atoms with Crippen LogP contribution in [0.2, 0.25) is 5.02 Å². The highest BCUT2D eigenvalue weighted by Crippen LogP contribution is 2.30. The van der Waals surface area contributed by atoms with Gasteiger partial charge in [-0.15, -0.1) is 0 Å². The van der Waals surface area contributed by atoms with Crippen LogP contribution in [0.4, 0.5) is 14.5 Å². The first-order valence-electron chi connectivity index (χ1n) is 6.69. The van der Waals surface area contributed by atoms with Crippen molar-refractivity contribution in [2.75, 3.05) is 7.11 Å². The van der Waals surface area contributed by atoms with E-state index in [9.17, 15) is 14.0 Å². The lowest BCUT2D eigenvalue weighted by Crippen LogP contribution is -2.20. The Morgan fingerprint density at radius 1 is 1.33 bits per heavy atom. The monoisotopic (exact) mass is 352 g/mol. The number of H-pyrrole nitrogens is 1. The molecule has 0 saturated heterocycles. The summed E-state index contributed by atoms with van der Waals surface area (Å²) in [5, 5.41) is 9.27. The molecule has 0 fully saturated rings. The number of fused-ring (bicyclic) bond motifs is 1. The minimum Gasteiger partial charge on any atom is -0.492 e. The number of nitrogens with one attached hydrogen (secondary N) is 2. The molecular weight excluding hydrogens is 342 g/mol. The fraction of sp³-hybridized carbons (Fsp3) is 0.0667. The lowest BCUT2D eigenvalue weighted by Gasteiger charge is -2.09. The molecule has 1 heterocycles. The standard InChI is InChI=1S/C15H11ClF2N4O2/c1-24-14-11(18)5-8(12-13(14)20-6-19-12)15(22-23)21-7-2-3-10(17)9(16)4-7/h2-6,23H,1H3,(H,19,20)(H,21,22). The summed E-state index contributed by atoms with van der Waals surface area (Å²) in [6, 6.07) is 4.89. The molecule has 6 nitrogen and oxygen atoms in total. The van der Waals surface area contributed by atoms with Crippen LogP contribution in [-0.4, -0.2) is 28.1 Å². The number of aliphatic imine (C=N–C) groups is 1. The normalized spacial score (nSPS) is 11.8. The zero-order chi connectivity index (χ0) is 17.3. The van der Waals surface area contributed by atoms with Gasteiger partial charge in [0.1, 0.15) is 16.9 Å². The molecule has 24 heavy (non-hydrogen) atoms. The molecule has 0 spiro atoms. The second kappa shape index (κ2) is 6.42. The van der Waals surface area contributed by atoms with Crippen molar-refractivity contribution >= 4 is 34.2 Å². The second-order valence-electron chi connectivity index (χ2n) is 4.74. The highest BCUT2D eigenvalue weighted by molar-refractivity contribution is 6.31. The van der Waals surface area contributed by atoms with Crippen LogP contribution < -0.4 is 10.2 Å². The quantitative estimate of drug-likeness (QED) is 0.382. The number of aromatic nitrogens is 2. The summed E-state index contributed by atoms with van der Waals surface area (Å²) in [6.07, 6.45) is 1.36. The molecule has 0 aliphatic rings. The lowest BCUT2D eigenvalue weighted by atomic mass is 10.1. The van der Waals surface area contributed by atoms with E-state index in [4.69, 9.17) is 16.3 Å². The lowest BCUT2D eigenvalue weighted by molar-refractivity contribution is 0.235. The molecular formula is C15H11ClF2N4O2. The number of methoxy groups -OCH3 is 1. The predicted molar refractivity (Wildman–Crippen MR) is 85.1 cm³/mol. The van der Waals surface area contributed by atoms with Crippen molar-refractivity contribution in [1.29, 1.82) is 0 Å². The van der Waals surface area contributed by atoms with Gasteiger partial charge in [0.2, 0.25) is 0 Å². The minimum absolute atomic E-state index is 0.00614. The van der Waals surface area contributed by atoms with Crippen LogP contribution in [0.5, 0.6) is 5.75 Å². The van der Waals surface area contributed by atoms with Gasteiger partial charge >= 0.3 is 0 Å². The SMILES string of the molecule is COc1c(F)cc(C(=Nc2ccc(F)c(Cl)c2)NO)c2nc[nH]c12. The summed E-state index contributed by atoms with van der Waals surface area (Å²) in [5.74, 6) is -1.35. The summed E-state index contributed by atoms with van der Waals surface area (Å²) >= 11 is 5.71. The van der Waals surface area contributed by atoms with Crippen LogP contribution in [0.25, 0.3) is 11.0 Å². The van der Waals surface area contributed by atoms with Gasteiger partial charge in [0, 0.05) is 0 Å². The van der Waals surface area contributed by atoms with Gasteiger partial charge in [0.05, 0.1) is 29.7 Å². The zero-order valence-corrected chi connectivity index (χ0v) is 13.0. The summed E-state index contributed by atoms with van der Waals surface area (Å²) in [7, 11) is 1.33. The summed E-state index contributed by atoms with van der Waals surface area (Å²) in [5.41, 5.74) is 3.00. The predicted octanol–water partition coefficient (Wildman–Crippen LogP) is 3.56. The fourth-order valence-electron chi connectivity index (χ4n) is 2.26. The molecule has 3 aromatic rings. The van der Waals surface area contributed by atoms with Crippen molar-refractivity contribution in [3.63, 3.8) is 0 Å². The number of ether oxygens (including phenoxy) is 1. The van der Waals surface area contributed by atoms with Gasteiger partial charge in [0.25, 0.3) is 0 Å². The average molecular weight is 353 g/mol. The first kappa shape index (κ1) is 16.2. The van der Waals surface area contributed by atoms with Crippen LogP contribution in [0, 0.1) is 11.6 Å². The van der Waals surface area contributed by atoms with E-state index < -0.39 is 11.6 Å². The molecule has 0 atom stereocenters. The number of nitrogens with zero attached hydrogens (tertiary/aromatic N) is 2. The van der Waals surface area contributed by atoms with Gasteiger partial charge in [-0.2, -0.15) is 0 Å². The number of hydrogen-bond acceptors (Lipinski definition) is 4. The van der Waals surface area contributed by atoms with Crippen molar-refractivity contribution in [2.45, 2.75) is 0 Å². The van der Waals surface area contributed by atoms with Gasteiger partial charge < -0.3 is 9.72 Å². The Balaban J connectivity index is 2.18. The Morgan fingerprint density at radius 3 is 2.79 bits per heavy atom. The van der Waals surface area contributed by atoms with Crippen molar-refractivity contribution < 1.29 is 18.7 Å². The Labute approximate surface area is 139 Å². The van der Waals surface area contributed by atoms with E-state index in [2.05, 4.69) is 15.0 Å². The topological polar surface area (TPSA) is 82.5 Å². The zero-order valence-electron chi connectivity index (χ0n) is 12.3. The van der Waals surface area contributed by atoms with Gasteiger partial charge in [-0.05, 0) is 24.3 Å². The van der Waals surface area contributed by atoms with E-state index in [1.54, 1.807) is 0 Å². The summed E-state index contributed by atoms with van der Waals surface area (Å²) < 4.78 is 32.4. The molecule has 0 saturated carbocycles. The molecule has 3 rings (SSSR count). The van der Waals surface area contributed by atoms with E-state index in [0.717, 1.165) is 12.1 Å². The molecule has 2 aromatic carbocycles. The number of aromatic amines is 1. The number of rotatable bonds is 3. The first-order chi connectivity index (χ1) is 11.5. The first-order valence-corrected chi connectivity index (χ1v) is 7.06. The number of benzene rings is 2. The van der Waals surface area contributed by atoms with Crippen molar-refractivity contribution in [1.82, 2.24) is 15.4 Å². The van der Waals surface area contributed by atoms with E-state index >= 15 is 0 Å². The van der Waals surface area contributed by atoms with E-state index in [0.29, 0.717) is 11.0 Å². The van der Waals surface area contributed by atoms with Gasteiger partial charge in [-0.3, -0.25) is 10.7 Å². The molecule has 0 aliphatic heterocycles. The Hall–Kier alpha value is -2.71. The third kappa shape index (κ3) is 2.77. The molecule has 1 aromatic heterocycles. The Bertz CT molecular complexity index is 943.